The molecule has 16 heavy (non-hydrogen) atoms. The van der Waals surface area contributed by atoms with Gasteiger partial charge in [-0.2, -0.15) is 0 Å². The van der Waals surface area contributed by atoms with E-state index in [0.717, 1.165) is 5.69 Å². The molecule has 0 aromatic heterocycles. The van der Waals surface area contributed by atoms with Gasteiger partial charge >= 0.3 is 0 Å². The second-order valence-corrected chi connectivity index (χ2v) is 3.45. The minimum absolute atomic E-state index is 0.0873. The van der Waals surface area contributed by atoms with Gasteiger partial charge < -0.3 is 10.1 Å². The monoisotopic (exact) mass is 224 g/mol. The summed E-state index contributed by atoms with van der Waals surface area (Å²) in [6.45, 7) is 5.19. The summed E-state index contributed by atoms with van der Waals surface area (Å²) in [7, 11) is 0. The van der Waals surface area contributed by atoms with Crippen molar-refractivity contribution in [3.05, 3.63) is 34.4 Å². The van der Waals surface area contributed by atoms with Gasteiger partial charge in [-0.1, -0.05) is 6.07 Å². The summed E-state index contributed by atoms with van der Waals surface area (Å²) in [4.78, 5) is 10.1. The minimum atomic E-state index is -0.406. The van der Waals surface area contributed by atoms with Crippen molar-refractivity contribution in [3.8, 4) is 0 Å². The third-order valence-electron chi connectivity index (χ3n) is 2.10. The van der Waals surface area contributed by atoms with Crippen LogP contribution in [-0.2, 0) is 4.74 Å². The van der Waals surface area contributed by atoms with E-state index in [9.17, 15) is 10.1 Å². The first-order valence-electron chi connectivity index (χ1n) is 5.23. The summed E-state index contributed by atoms with van der Waals surface area (Å²) in [5, 5.41) is 13.6. The fourth-order valence-corrected chi connectivity index (χ4v) is 1.33. The molecule has 0 heterocycles. The highest BCUT2D eigenvalue weighted by atomic mass is 16.6. The van der Waals surface area contributed by atoms with E-state index in [-0.39, 0.29) is 11.8 Å². The standard InChI is InChI=1S/C11H16N2O3/c1-3-16-9(2)8-12-10-5-4-6-11(7-10)13(14)15/h4-7,9,12H,3,8H2,1-2H3. The van der Waals surface area contributed by atoms with E-state index in [1.165, 1.54) is 12.1 Å². The fraction of sp³-hybridized carbons (Fsp3) is 0.455. The lowest BCUT2D eigenvalue weighted by Gasteiger charge is -2.13. The average molecular weight is 224 g/mol. The number of nitrogens with zero attached hydrogens (tertiary/aromatic N) is 1. The molecule has 0 saturated carbocycles. The molecule has 1 unspecified atom stereocenters. The SMILES string of the molecule is CCOC(C)CNc1cccc([N+](=O)[O-])c1. The number of nitro benzene ring substituents is 1. The largest absolute Gasteiger partial charge is 0.382 e. The lowest BCUT2D eigenvalue weighted by Crippen LogP contribution is -2.19. The van der Waals surface area contributed by atoms with Gasteiger partial charge in [-0.15, -0.1) is 0 Å². The van der Waals surface area contributed by atoms with Crippen LogP contribution in [0.25, 0.3) is 0 Å². The Bertz CT molecular complexity index is 355. The zero-order chi connectivity index (χ0) is 12.0. The number of ether oxygens (including phenoxy) is 1. The molecule has 0 bridgehead atoms. The molecule has 5 nitrogen and oxygen atoms in total. The summed E-state index contributed by atoms with van der Waals surface area (Å²) in [6.07, 6.45) is 0.0873. The maximum Gasteiger partial charge on any atom is 0.271 e. The van der Waals surface area contributed by atoms with E-state index in [2.05, 4.69) is 5.32 Å². The highest BCUT2D eigenvalue weighted by Gasteiger charge is 2.06. The van der Waals surface area contributed by atoms with E-state index in [1.54, 1.807) is 12.1 Å². The van der Waals surface area contributed by atoms with Crippen LogP contribution in [0, 0.1) is 10.1 Å². The molecule has 0 aliphatic rings. The second-order valence-electron chi connectivity index (χ2n) is 3.45. The number of hydrogen-bond donors (Lipinski definition) is 1. The van der Waals surface area contributed by atoms with Crippen molar-refractivity contribution in [2.24, 2.45) is 0 Å². The molecular formula is C11H16N2O3. The van der Waals surface area contributed by atoms with Crippen LogP contribution in [0.4, 0.5) is 11.4 Å². The van der Waals surface area contributed by atoms with Crippen LogP contribution in [-0.4, -0.2) is 24.2 Å². The van der Waals surface area contributed by atoms with E-state index in [0.29, 0.717) is 13.2 Å². The maximum atomic E-state index is 10.5. The number of benzene rings is 1. The Hall–Kier alpha value is -1.62. The number of non-ortho nitro benzene ring substituents is 1. The van der Waals surface area contributed by atoms with Gasteiger partial charge in [0.15, 0.2) is 0 Å². The lowest BCUT2D eigenvalue weighted by atomic mass is 10.2. The normalized spacial score (nSPS) is 12.1. The summed E-state index contributed by atoms with van der Waals surface area (Å²) in [5.41, 5.74) is 0.829. The van der Waals surface area contributed by atoms with Crippen LogP contribution in [0.15, 0.2) is 24.3 Å². The maximum absolute atomic E-state index is 10.5. The molecule has 1 aromatic carbocycles. The minimum Gasteiger partial charge on any atom is -0.382 e. The molecule has 0 spiro atoms. The number of nitro groups is 1. The number of rotatable bonds is 6. The summed E-state index contributed by atoms with van der Waals surface area (Å²) >= 11 is 0. The van der Waals surface area contributed by atoms with Crippen molar-refractivity contribution >= 4 is 11.4 Å². The highest BCUT2D eigenvalue weighted by molar-refractivity contribution is 5.50. The Morgan fingerprint density at radius 2 is 2.31 bits per heavy atom. The first kappa shape index (κ1) is 12.4. The molecule has 5 heteroatoms. The first-order valence-corrected chi connectivity index (χ1v) is 5.23. The van der Waals surface area contributed by atoms with E-state index in [4.69, 9.17) is 4.74 Å². The van der Waals surface area contributed by atoms with Crippen LogP contribution in [0.5, 0.6) is 0 Å². The van der Waals surface area contributed by atoms with Crippen molar-refractivity contribution in [2.45, 2.75) is 20.0 Å². The fourth-order valence-electron chi connectivity index (χ4n) is 1.33. The van der Waals surface area contributed by atoms with Crippen molar-refractivity contribution in [2.75, 3.05) is 18.5 Å². The topological polar surface area (TPSA) is 64.4 Å². The molecular weight excluding hydrogens is 208 g/mol. The Morgan fingerprint density at radius 1 is 1.56 bits per heavy atom. The van der Waals surface area contributed by atoms with Gasteiger partial charge in [0.25, 0.3) is 5.69 Å². The Labute approximate surface area is 94.6 Å². The molecule has 88 valence electrons. The molecule has 0 fully saturated rings. The third kappa shape index (κ3) is 3.86. The van der Waals surface area contributed by atoms with Gasteiger partial charge in [-0.05, 0) is 19.9 Å². The van der Waals surface area contributed by atoms with E-state index in [1.807, 2.05) is 13.8 Å². The third-order valence-corrected chi connectivity index (χ3v) is 2.10. The number of hydrogen-bond acceptors (Lipinski definition) is 4. The summed E-state index contributed by atoms with van der Waals surface area (Å²) in [6, 6.07) is 6.44. The summed E-state index contributed by atoms with van der Waals surface area (Å²) in [5.74, 6) is 0. The predicted octanol–water partition coefficient (Wildman–Crippen LogP) is 2.43. The van der Waals surface area contributed by atoms with Crippen molar-refractivity contribution < 1.29 is 9.66 Å². The quantitative estimate of drug-likeness (QED) is 0.595. The van der Waals surface area contributed by atoms with Gasteiger partial charge in [0.2, 0.25) is 0 Å². The lowest BCUT2D eigenvalue weighted by molar-refractivity contribution is -0.384. The van der Waals surface area contributed by atoms with E-state index < -0.39 is 4.92 Å². The van der Waals surface area contributed by atoms with Crippen LogP contribution in [0.3, 0.4) is 0 Å². The van der Waals surface area contributed by atoms with Gasteiger partial charge in [0.05, 0.1) is 11.0 Å². The Kier molecular flexibility index (Phi) is 4.72. The van der Waals surface area contributed by atoms with Crippen LogP contribution in [0.1, 0.15) is 13.8 Å². The van der Waals surface area contributed by atoms with Crippen molar-refractivity contribution in [3.63, 3.8) is 0 Å². The second kappa shape index (κ2) is 6.07. The molecule has 0 amide bonds. The molecule has 1 atom stereocenters. The molecule has 1 rings (SSSR count). The van der Waals surface area contributed by atoms with Gasteiger partial charge in [-0.25, -0.2) is 0 Å². The highest BCUT2D eigenvalue weighted by Crippen LogP contribution is 2.16. The number of anilines is 1. The van der Waals surface area contributed by atoms with Gasteiger partial charge in [0, 0.05) is 31.0 Å². The van der Waals surface area contributed by atoms with Gasteiger partial charge in [-0.3, -0.25) is 10.1 Å². The molecule has 0 aliphatic heterocycles. The van der Waals surface area contributed by atoms with Crippen molar-refractivity contribution in [1.29, 1.82) is 0 Å². The molecule has 0 saturated heterocycles. The van der Waals surface area contributed by atoms with Crippen molar-refractivity contribution in [1.82, 2.24) is 0 Å². The zero-order valence-electron chi connectivity index (χ0n) is 9.47. The molecule has 0 aliphatic carbocycles. The Balaban J connectivity index is 2.54. The Morgan fingerprint density at radius 3 is 2.94 bits per heavy atom. The van der Waals surface area contributed by atoms with Crippen LogP contribution >= 0.6 is 0 Å². The van der Waals surface area contributed by atoms with Crippen LogP contribution in [0.2, 0.25) is 0 Å². The van der Waals surface area contributed by atoms with E-state index >= 15 is 0 Å². The predicted molar refractivity (Wildman–Crippen MR) is 62.7 cm³/mol. The molecule has 1 N–H and O–H groups in total. The first-order chi connectivity index (χ1) is 7.63. The molecule has 1 aromatic rings. The molecule has 0 radical (unpaired) electrons. The number of nitrogens with one attached hydrogen (secondary N) is 1. The smallest absolute Gasteiger partial charge is 0.271 e. The zero-order valence-corrected chi connectivity index (χ0v) is 9.47. The average Bonchev–Trinajstić information content (AvgIpc) is 2.27. The van der Waals surface area contributed by atoms with Gasteiger partial charge in [0.1, 0.15) is 0 Å². The van der Waals surface area contributed by atoms with Crippen LogP contribution < -0.4 is 5.32 Å². The summed E-state index contributed by atoms with van der Waals surface area (Å²) < 4.78 is 5.34.